The molecule has 0 spiro atoms. The van der Waals surface area contributed by atoms with E-state index in [1.165, 1.54) is 0 Å². The number of nitro groups is 2. The molecule has 0 rings (SSSR count). The fourth-order valence-electron chi connectivity index (χ4n) is 0.0770. The van der Waals surface area contributed by atoms with Crippen molar-refractivity contribution >= 4 is 29.6 Å². The van der Waals surface area contributed by atoms with E-state index in [0.29, 0.717) is 0 Å². The minimum Gasteiger partial charge on any atom is -0.259 e. The van der Waals surface area contributed by atoms with Gasteiger partial charge in [-0.05, 0) is 0 Å². The van der Waals surface area contributed by atoms with E-state index in [1.807, 2.05) is 0 Å². The molecule has 0 aliphatic rings. The molecule has 0 fully saturated rings. The first-order chi connectivity index (χ1) is 3.55. The molecule has 0 aliphatic carbocycles. The molecule has 7 heteroatoms. The second-order valence-corrected chi connectivity index (χ2v) is 1.20. The van der Waals surface area contributed by atoms with Crippen LogP contribution < -0.4 is 0 Å². The summed E-state index contributed by atoms with van der Waals surface area (Å²) in [6.07, 6.45) is -1.69. The molecule has 0 aromatic carbocycles. The smallest absolute Gasteiger partial charge is 0.259 e. The van der Waals surface area contributed by atoms with Crippen molar-refractivity contribution in [1.29, 1.82) is 0 Å². The minimum atomic E-state index is -1.69. The van der Waals surface area contributed by atoms with Crippen molar-refractivity contribution in [3.05, 3.63) is 20.2 Å². The van der Waals surface area contributed by atoms with Gasteiger partial charge in [0.15, 0.2) is 0 Å². The Morgan fingerprint density at radius 3 is 1.44 bits per heavy atom. The fourth-order valence-corrected chi connectivity index (χ4v) is 0.0770. The van der Waals surface area contributed by atoms with Gasteiger partial charge in [0, 0.05) is 29.6 Å². The molecule has 9 heavy (non-hydrogen) atoms. The molecule has 0 bridgehead atoms. The van der Waals surface area contributed by atoms with E-state index >= 15 is 0 Å². The quantitative estimate of drug-likeness (QED) is 0.226. The third-order valence-corrected chi connectivity index (χ3v) is 0.610. The molecule has 0 aliphatic heterocycles. The number of hydrogen-bond acceptors (Lipinski definition) is 4. The first-order valence-electron chi connectivity index (χ1n) is 1.82. The van der Waals surface area contributed by atoms with Crippen LogP contribution >= 0.6 is 0 Å². The van der Waals surface area contributed by atoms with Crippen LogP contribution in [0.2, 0.25) is 0 Å². The molecule has 1 radical (unpaired) electrons. The predicted molar refractivity (Wildman–Crippen MR) is 29.2 cm³/mol. The van der Waals surface area contributed by atoms with Crippen LogP contribution in [0.1, 0.15) is 6.92 Å². The Labute approximate surface area is 72.8 Å². The molecule has 0 saturated heterocycles. The molecule has 0 atom stereocenters. The normalized spacial score (nSPS) is 8.22. The maximum Gasteiger partial charge on any atom is 0.448 e. The average Bonchev–Trinajstić information content (AvgIpc) is 1.64. The largest absolute Gasteiger partial charge is 0.448 e. The Bertz CT molecular complexity index is 112. The first kappa shape index (κ1) is 11.6. The zero-order chi connectivity index (χ0) is 6.73. The van der Waals surface area contributed by atoms with Gasteiger partial charge in [0.25, 0.3) is 0 Å². The summed E-state index contributed by atoms with van der Waals surface area (Å²) in [5.41, 5.74) is 0. The third kappa shape index (κ3) is 4.31. The number of hydrogen-bond donors (Lipinski definition) is 0. The summed E-state index contributed by atoms with van der Waals surface area (Å²) < 4.78 is 0. The fraction of sp³-hybridized carbons (Fsp3) is 1.00. The van der Waals surface area contributed by atoms with Gasteiger partial charge in [0.05, 0.1) is 16.8 Å². The summed E-state index contributed by atoms with van der Waals surface area (Å²) in [6, 6.07) is 0. The molecule has 0 N–H and O–H groups in total. The summed E-state index contributed by atoms with van der Waals surface area (Å²) in [4.78, 5) is 17.1. The first-order valence-corrected chi connectivity index (χ1v) is 1.82. The zero-order valence-corrected chi connectivity index (χ0v) is 7.10. The predicted octanol–water partition coefficient (Wildman–Crippen LogP) is -0.495. The van der Waals surface area contributed by atoms with Crippen LogP contribution in [-0.4, -0.2) is 45.6 Å². The second-order valence-electron chi connectivity index (χ2n) is 1.20. The van der Waals surface area contributed by atoms with Crippen LogP contribution in [0.15, 0.2) is 0 Å². The average molecular weight is 143 g/mol. The Morgan fingerprint density at radius 2 is 1.44 bits per heavy atom. The van der Waals surface area contributed by atoms with Gasteiger partial charge in [-0.3, -0.25) is 20.2 Å². The van der Waals surface area contributed by atoms with Crippen LogP contribution in [0.4, 0.5) is 0 Å². The standard InChI is InChI=1S/C2H4N2O4.Na/c1-2(3(5)6)4(7)8;/h2H,1H3;. The molecule has 0 aromatic rings. The Hall–Kier alpha value is -0.200. The summed E-state index contributed by atoms with van der Waals surface area (Å²) in [7, 11) is 0. The minimum absolute atomic E-state index is 0. The van der Waals surface area contributed by atoms with E-state index in [4.69, 9.17) is 0 Å². The van der Waals surface area contributed by atoms with Crippen molar-refractivity contribution in [2.75, 3.05) is 0 Å². The summed E-state index contributed by atoms with van der Waals surface area (Å²) >= 11 is 0. The molecule has 0 saturated carbocycles. The molecule has 47 valence electrons. The maximum atomic E-state index is 9.50. The van der Waals surface area contributed by atoms with Crippen molar-refractivity contribution in [3.63, 3.8) is 0 Å². The van der Waals surface area contributed by atoms with E-state index in [-0.39, 0.29) is 29.6 Å². The van der Waals surface area contributed by atoms with E-state index < -0.39 is 16.0 Å². The van der Waals surface area contributed by atoms with Crippen LogP contribution in [0.3, 0.4) is 0 Å². The van der Waals surface area contributed by atoms with Gasteiger partial charge >= 0.3 is 6.17 Å². The van der Waals surface area contributed by atoms with Gasteiger partial charge in [0.2, 0.25) is 0 Å². The molecule has 0 amide bonds. The van der Waals surface area contributed by atoms with Gasteiger partial charge in [-0.25, -0.2) is 0 Å². The van der Waals surface area contributed by atoms with Crippen LogP contribution in [-0.2, 0) is 0 Å². The van der Waals surface area contributed by atoms with Gasteiger partial charge < -0.3 is 0 Å². The molecule has 0 heterocycles. The molecule has 0 unspecified atom stereocenters. The summed E-state index contributed by atoms with van der Waals surface area (Å²) in [5, 5.41) is 19.0. The Kier molecular flexibility index (Phi) is 5.99. The van der Waals surface area contributed by atoms with Crippen molar-refractivity contribution in [3.8, 4) is 0 Å². The van der Waals surface area contributed by atoms with Gasteiger partial charge in [-0.2, -0.15) is 0 Å². The van der Waals surface area contributed by atoms with Gasteiger partial charge in [-0.1, -0.05) is 0 Å². The molecule has 6 nitrogen and oxygen atoms in total. The monoisotopic (exact) mass is 143 g/mol. The molecular formula is C2H4N2NaO4. The van der Waals surface area contributed by atoms with Crippen molar-refractivity contribution in [2.24, 2.45) is 0 Å². The maximum absolute atomic E-state index is 9.50. The van der Waals surface area contributed by atoms with Crippen LogP contribution in [0, 0.1) is 20.2 Å². The number of nitrogens with zero attached hydrogens (tertiary/aromatic N) is 2. The number of rotatable bonds is 2. The van der Waals surface area contributed by atoms with E-state index in [1.54, 1.807) is 0 Å². The molecular weight excluding hydrogens is 139 g/mol. The van der Waals surface area contributed by atoms with Gasteiger partial charge in [0.1, 0.15) is 0 Å². The van der Waals surface area contributed by atoms with Crippen molar-refractivity contribution in [1.82, 2.24) is 0 Å². The SMILES string of the molecule is CC([N+](=O)[O-])[N+](=O)[O-].[Na]. The Balaban J connectivity index is 0. The molecule has 0 aromatic heterocycles. The topological polar surface area (TPSA) is 86.3 Å². The Morgan fingerprint density at radius 1 is 1.22 bits per heavy atom. The third-order valence-electron chi connectivity index (χ3n) is 0.610. The van der Waals surface area contributed by atoms with Gasteiger partial charge in [-0.15, -0.1) is 0 Å². The van der Waals surface area contributed by atoms with Crippen molar-refractivity contribution < 1.29 is 9.85 Å². The van der Waals surface area contributed by atoms with E-state index in [2.05, 4.69) is 0 Å². The second kappa shape index (κ2) is 4.66. The zero-order valence-electron chi connectivity index (χ0n) is 5.10. The van der Waals surface area contributed by atoms with Crippen molar-refractivity contribution in [2.45, 2.75) is 13.1 Å². The van der Waals surface area contributed by atoms with E-state index in [0.717, 1.165) is 6.92 Å². The van der Waals surface area contributed by atoms with E-state index in [9.17, 15) is 20.2 Å². The van der Waals surface area contributed by atoms with Crippen LogP contribution in [0.25, 0.3) is 0 Å². The summed E-state index contributed by atoms with van der Waals surface area (Å²) in [5.74, 6) is 0. The summed E-state index contributed by atoms with van der Waals surface area (Å²) in [6.45, 7) is 0.917. The van der Waals surface area contributed by atoms with Crippen LogP contribution in [0.5, 0.6) is 0 Å².